The van der Waals surface area contributed by atoms with Crippen LogP contribution in [0.2, 0.25) is 0 Å². The van der Waals surface area contributed by atoms with Gasteiger partial charge in [-0.1, -0.05) is 47.6 Å². The van der Waals surface area contributed by atoms with Crippen molar-refractivity contribution < 1.29 is 0 Å². The Hall–Kier alpha value is -1.04. The lowest BCUT2D eigenvalue weighted by atomic mass is 9.90. The molecule has 0 radical (unpaired) electrons. The maximum Gasteiger partial charge on any atom is -0.0192 e. The van der Waals surface area contributed by atoms with Gasteiger partial charge in [-0.05, 0) is 44.9 Å². The molecule has 0 nitrogen and oxygen atoms in total. The van der Waals surface area contributed by atoms with Crippen LogP contribution >= 0.6 is 0 Å². The highest BCUT2D eigenvalue weighted by Crippen LogP contribution is 2.25. The highest BCUT2D eigenvalue weighted by molar-refractivity contribution is 5.22. The van der Waals surface area contributed by atoms with Gasteiger partial charge in [0.2, 0.25) is 0 Å². The molecule has 2 rings (SSSR count). The van der Waals surface area contributed by atoms with Crippen LogP contribution in [0.15, 0.2) is 47.6 Å². The van der Waals surface area contributed by atoms with Crippen molar-refractivity contribution in [2.75, 3.05) is 0 Å². The molecular weight excluding hydrogens is 180 g/mol. The maximum absolute atomic E-state index is 2.38. The summed E-state index contributed by atoms with van der Waals surface area (Å²) in [7, 11) is 0. The van der Waals surface area contributed by atoms with Gasteiger partial charge in [0.15, 0.2) is 0 Å². The Bertz CT molecular complexity index is 326. The maximum atomic E-state index is 2.38. The molecule has 1 atom stereocenters. The lowest BCUT2D eigenvalue weighted by Gasteiger charge is -2.16. The fourth-order valence-electron chi connectivity index (χ4n) is 2.22. The van der Waals surface area contributed by atoms with Crippen LogP contribution in [-0.4, -0.2) is 0 Å². The molecule has 0 N–H and O–H groups in total. The van der Waals surface area contributed by atoms with Crippen LogP contribution in [0.5, 0.6) is 0 Å². The molecular formula is C15H20. The van der Waals surface area contributed by atoms with Crippen LogP contribution < -0.4 is 0 Å². The Balaban J connectivity index is 1.77. The molecule has 0 fully saturated rings. The smallest absolute Gasteiger partial charge is 0.0192 e. The second-order valence-electron chi connectivity index (χ2n) is 4.63. The molecule has 0 heteroatoms. The van der Waals surface area contributed by atoms with E-state index in [1.54, 1.807) is 5.57 Å². The van der Waals surface area contributed by atoms with Gasteiger partial charge in [-0.3, -0.25) is 0 Å². The van der Waals surface area contributed by atoms with Gasteiger partial charge in [0.1, 0.15) is 0 Å². The summed E-state index contributed by atoms with van der Waals surface area (Å²) >= 11 is 0. The zero-order chi connectivity index (χ0) is 10.5. The first-order valence-electron chi connectivity index (χ1n) is 6.04. The summed E-state index contributed by atoms with van der Waals surface area (Å²) < 4.78 is 0. The van der Waals surface area contributed by atoms with E-state index in [4.69, 9.17) is 0 Å². The SMILES string of the molecule is CC1=CCC(CCC2=CC=CCC2)C=C1. The summed E-state index contributed by atoms with van der Waals surface area (Å²) in [4.78, 5) is 0. The van der Waals surface area contributed by atoms with Gasteiger partial charge in [-0.2, -0.15) is 0 Å². The van der Waals surface area contributed by atoms with Crippen molar-refractivity contribution in [2.45, 2.75) is 39.0 Å². The van der Waals surface area contributed by atoms with Gasteiger partial charge in [-0.15, -0.1) is 0 Å². The summed E-state index contributed by atoms with van der Waals surface area (Å²) in [6, 6.07) is 0. The Morgan fingerprint density at radius 1 is 1.40 bits per heavy atom. The molecule has 0 bridgehead atoms. The van der Waals surface area contributed by atoms with Crippen molar-refractivity contribution in [1.82, 2.24) is 0 Å². The Morgan fingerprint density at radius 2 is 2.33 bits per heavy atom. The second-order valence-corrected chi connectivity index (χ2v) is 4.63. The van der Waals surface area contributed by atoms with Crippen LogP contribution in [0.3, 0.4) is 0 Å². The minimum Gasteiger partial charge on any atom is -0.0842 e. The van der Waals surface area contributed by atoms with E-state index in [0.29, 0.717) is 0 Å². The standard InChI is InChI=1S/C15H20/c1-13-7-9-15(10-8-13)12-11-14-5-3-2-4-6-14/h2-3,5,7-9,15H,4,6,10-12H2,1H3. The van der Waals surface area contributed by atoms with Crippen molar-refractivity contribution in [3.63, 3.8) is 0 Å². The molecule has 0 spiro atoms. The predicted octanol–water partition coefficient (Wildman–Crippen LogP) is 4.57. The fourth-order valence-corrected chi connectivity index (χ4v) is 2.22. The first-order chi connectivity index (χ1) is 7.34. The predicted molar refractivity (Wildman–Crippen MR) is 66.7 cm³/mol. The molecule has 0 aromatic carbocycles. The average Bonchev–Trinajstić information content (AvgIpc) is 2.30. The summed E-state index contributed by atoms with van der Waals surface area (Å²) in [5, 5.41) is 0. The molecule has 2 aliphatic rings. The number of hydrogen-bond donors (Lipinski definition) is 0. The third-order valence-corrected chi connectivity index (χ3v) is 3.31. The molecule has 0 saturated carbocycles. The molecule has 0 aromatic rings. The molecule has 0 saturated heterocycles. The monoisotopic (exact) mass is 200 g/mol. The van der Waals surface area contributed by atoms with Crippen molar-refractivity contribution in [3.05, 3.63) is 47.6 Å². The molecule has 0 aromatic heterocycles. The number of allylic oxidation sites excluding steroid dienone is 8. The van der Waals surface area contributed by atoms with Gasteiger partial charge in [-0.25, -0.2) is 0 Å². The van der Waals surface area contributed by atoms with Gasteiger partial charge in [0, 0.05) is 0 Å². The number of rotatable bonds is 3. The lowest BCUT2D eigenvalue weighted by Crippen LogP contribution is -2.00. The Morgan fingerprint density at radius 3 is 3.00 bits per heavy atom. The third kappa shape index (κ3) is 3.23. The highest BCUT2D eigenvalue weighted by Gasteiger charge is 2.08. The van der Waals surface area contributed by atoms with E-state index >= 15 is 0 Å². The second kappa shape index (κ2) is 5.16. The largest absolute Gasteiger partial charge is 0.0842 e. The highest BCUT2D eigenvalue weighted by atomic mass is 14.1. The van der Waals surface area contributed by atoms with Gasteiger partial charge < -0.3 is 0 Å². The fraction of sp³-hybridized carbons (Fsp3) is 0.467. The van der Waals surface area contributed by atoms with E-state index in [1.165, 1.54) is 37.7 Å². The van der Waals surface area contributed by atoms with Crippen molar-refractivity contribution >= 4 is 0 Å². The van der Waals surface area contributed by atoms with Crippen LogP contribution in [0.4, 0.5) is 0 Å². The van der Waals surface area contributed by atoms with Gasteiger partial charge in [0.25, 0.3) is 0 Å². The normalized spacial score (nSPS) is 25.0. The van der Waals surface area contributed by atoms with Crippen LogP contribution in [0.1, 0.15) is 39.0 Å². The Labute approximate surface area is 93.1 Å². The van der Waals surface area contributed by atoms with Crippen molar-refractivity contribution in [3.8, 4) is 0 Å². The average molecular weight is 200 g/mol. The molecule has 80 valence electrons. The van der Waals surface area contributed by atoms with Gasteiger partial charge >= 0.3 is 0 Å². The minimum atomic E-state index is 0.778. The van der Waals surface area contributed by atoms with Crippen LogP contribution in [0.25, 0.3) is 0 Å². The molecule has 0 amide bonds. The number of hydrogen-bond acceptors (Lipinski definition) is 0. The first-order valence-corrected chi connectivity index (χ1v) is 6.04. The first kappa shape index (κ1) is 10.5. The quantitative estimate of drug-likeness (QED) is 0.626. The summed E-state index contributed by atoms with van der Waals surface area (Å²) in [5.41, 5.74) is 3.06. The zero-order valence-corrected chi connectivity index (χ0v) is 9.58. The van der Waals surface area contributed by atoms with E-state index in [-0.39, 0.29) is 0 Å². The van der Waals surface area contributed by atoms with Gasteiger partial charge in [0.05, 0.1) is 0 Å². The zero-order valence-electron chi connectivity index (χ0n) is 9.58. The van der Waals surface area contributed by atoms with Crippen molar-refractivity contribution in [2.24, 2.45) is 5.92 Å². The summed E-state index contributed by atoms with van der Waals surface area (Å²) in [6.07, 6.45) is 20.1. The van der Waals surface area contributed by atoms with E-state index in [2.05, 4.69) is 43.4 Å². The summed E-state index contributed by atoms with van der Waals surface area (Å²) in [5.74, 6) is 0.778. The molecule has 0 aliphatic heterocycles. The van der Waals surface area contributed by atoms with E-state index in [1.807, 2.05) is 0 Å². The molecule has 2 aliphatic carbocycles. The van der Waals surface area contributed by atoms with E-state index in [9.17, 15) is 0 Å². The van der Waals surface area contributed by atoms with Crippen molar-refractivity contribution in [1.29, 1.82) is 0 Å². The summed E-state index contributed by atoms with van der Waals surface area (Å²) in [6.45, 7) is 2.18. The molecule has 15 heavy (non-hydrogen) atoms. The third-order valence-electron chi connectivity index (χ3n) is 3.31. The topological polar surface area (TPSA) is 0 Å². The molecule has 0 heterocycles. The Kier molecular flexibility index (Phi) is 3.60. The van der Waals surface area contributed by atoms with Crippen LogP contribution in [-0.2, 0) is 0 Å². The molecule has 1 unspecified atom stereocenters. The minimum absolute atomic E-state index is 0.778. The van der Waals surface area contributed by atoms with E-state index in [0.717, 1.165) is 5.92 Å². The lowest BCUT2D eigenvalue weighted by molar-refractivity contribution is 0.582. The van der Waals surface area contributed by atoms with E-state index < -0.39 is 0 Å². The van der Waals surface area contributed by atoms with Crippen LogP contribution in [0, 0.1) is 5.92 Å².